The van der Waals surface area contributed by atoms with Gasteiger partial charge in [-0.3, -0.25) is 14.5 Å². The van der Waals surface area contributed by atoms with E-state index in [-0.39, 0.29) is 17.9 Å². The fourth-order valence-corrected chi connectivity index (χ4v) is 4.15. The van der Waals surface area contributed by atoms with Crippen LogP contribution in [0.3, 0.4) is 0 Å². The molecule has 0 saturated carbocycles. The Kier molecular flexibility index (Phi) is 6.00. The molecule has 0 radical (unpaired) electrons. The largest absolute Gasteiger partial charge is 0.347 e. The summed E-state index contributed by atoms with van der Waals surface area (Å²) in [4.78, 5) is 31.0. The third kappa shape index (κ3) is 4.30. The predicted molar refractivity (Wildman–Crippen MR) is 91.8 cm³/mol. The van der Waals surface area contributed by atoms with E-state index in [0.29, 0.717) is 13.1 Å². The molecule has 1 atom stereocenters. The lowest BCUT2D eigenvalue weighted by Gasteiger charge is -2.27. The molecular weight excluding hydrogens is 366 g/mol. The maximum absolute atomic E-state index is 12.4. The second kappa shape index (κ2) is 7.57. The number of rotatable bonds is 5. The van der Waals surface area contributed by atoms with E-state index in [2.05, 4.69) is 15.9 Å². The Morgan fingerprint density at radius 1 is 1.41 bits per heavy atom. The molecule has 1 fully saturated rings. The van der Waals surface area contributed by atoms with Crippen molar-refractivity contribution in [3.63, 3.8) is 0 Å². The molecule has 0 bridgehead atoms. The summed E-state index contributed by atoms with van der Waals surface area (Å²) in [5, 5.41) is 2.01. The van der Waals surface area contributed by atoms with Crippen molar-refractivity contribution in [3.05, 3.63) is 20.8 Å². The van der Waals surface area contributed by atoms with Gasteiger partial charge in [0.25, 0.3) is 0 Å². The quantitative estimate of drug-likeness (QED) is 0.775. The molecule has 0 aromatic carbocycles. The summed E-state index contributed by atoms with van der Waals surface area (Å²) in [6.45, 7) is 1.73. The standard InChI is InChI=1S/C15H22BrN3O2S/c1-17(2)15(21)13-5-4-6-19(13)9-14(20)18(3)8-12-7-11(16)10-22-12/h7,10,13H,4-6,8-9H2,1-3H3. The molecular formula is C15H22BrN3O2S. The van der Waals surface area contributed by atoms with Crippen molar-refractivity contribution >= 4 is 39.1 Å². The number of hydrogen-bond donors (Lipinski definition) is 0. The lowest BCUT2D eigenvalue weighted by Crippen LogP contribution is -2.46. The van der Waals surface area contributed by atoms with Gasteiger partial charge in [-0.2, -0.15) is 0 Å². The number of thiophene rings is 1. The first-order valence-corrected chi connectivity index (χ1v) is 8.98. The normalized spacial score (nSPS) is 18.5. The van der Waals surface area contributed by atoms with Crippen molar-refractivity contribution in [1.29, 1.82) is 0 Å². The SMILES string of the molecule is CN(C)C(=O)C1CCCN1CC(=O)N(C)Cc1cc(Br)cs1. The minimum atomic E-state index is -0.150. The van der Waals surface area contributed by atoms with Gasteiger partial charge in [0.05, 0.1) is 19.1 Å². The molecule has 1 aliphatic rings. The van der Waals surface area contributed by atoms with Gasteiger partial charge in [0.15, 0.2) is 0 Å². The molecule has 0 spiro atoms. The maximum Gasteiger partial charge on any atom is 0.239 e. The molecule has 0 aliphatic carbocycles. The Bertz CT molecular complexity index is 547. The summed E-state index contributed by atoms with van der Waals surface area (Å²) in [5.41, 5.74) is 0. The first-order valence-electron chi connectivity index (χ1n) is 7.30. The highest BCUT2D eigenvalue weighted by Crippen LogP contribution is 2.22. The van der Waals surface area contributed by atoms with Crippen molar-refractivity contribution in [2.75, 3.05) is 34.2 Å². The average Bonchev–Trinajstić information content (AvgIpc) is 3.07. The van der Waals surface area contributed by atoms with Crippen molar-refractivity contribution < 1.29 is 9.59 Å². The summed E-state index contributed by atoms with van der Waals surface area (Å²) < 4.78 is 1.05. The van der Waals surface area contributed by atoms with Crippen LogP contribution in [0.5, 0.6) is 0 Å². The van der Waals surface area contributed by atoms with Gasteiger partial charge in [0, 0.05) is 35.9 Å². The van der Waals surface area contributed by atoms with E-state index in [4.69, 9.17) is 0 Å². The molecule has 2 amide bonds. The van der Waals surface area contributed by atoms with Crippen LogP contribution in [-0.4, -0.2) is 66.8 Å². The number of amides is 2. The molecule has 1 aliphatic heterocycles. The zero-order valence-corrected chi connectivity index (χ0v) is 15.6. The molecule has 1 saturated heterocycles. The Balaban J connectivity index is 1.91. The van der Waals surface area contributed by atoms with Gasteiger partial charge in [-0.05, 0) is 41.4 Å². The van der Waals surface area contributed by atoms with E-state index in [1.165, 1.54) is 0 Å². The zero-order chi connectivity index (χ0) is 16.3. The van der Waals surface area contributed by atoms with Crippen LogP contribution in [0, 0.1) is 0 Å². The number of carbonyl (C=O) groups is 2. The second-order valence-corrected chi connectivity index (χ2v) is 7.75. The summed E-state index contributed by atoms with van der Waals surface area (Å²) in [7, 11) is 5.34. The summed E-state index contributed by atoms with van der Waals surface area (Å²) in [6, 6.07) is 1.88. The molecule has 122 valence electrons. The van der Waals surface area contributed by atoms with Gasteiger partial charge in [-0.15, -0.1) is 11.3 Å². The highest BCUT2D eigenvalue weighted by Gasteiger charge is 2.33. The number of nitrogens with zero attached hydrogens (tertiary/aromatic N) is 3. The number of likely N-dealkylation sites (N-methyl/N-ethyl adjacent to an activating group) is 2. The van der Waals surface area contributed by atoms with Crippen LogP contribution in [0.15, 0.2) is 15.9 Å². The minimum absolute atomic E-state index is 0.0583. The number of likely N-dealkylation sites (tertiary alicyclic amines) is 1. The molecule has 1 unspecified atom stereocenters. The molecule has 1 aromatic heterocycles. The van der Waals surface area contributed by atoms with Crippen LogP contribution in [-0.2, 0) is 16.1 Å². The first-order chi connectivity index (χ1) is 10.4. The van der Waals surface area contributed by atoms with Gasteiger partial charge in [0.1, 0.15) is 0 Å². The lowest BCUT2D eigenvalue weighted by atomic mass is 10.2. The Morgan fingerprint density at radius 3 is 2.73 bits per heavy atom. The van der Waals surface area contributed by atoms with Crippen LogP contribution < -0.4 is 0 Å². The van der Waals surface area contributed by atoms with Gasteiger partial charge in [0.2, 0.25) is 11.8 Å². The fraction of sp³-hybridized carbons (Fsp3) is 0.600. The third-order valence-corrected chi connectivity index (χ3v) is 5.55. The Morgan fingerprint density at radius 2 is 2.14 bits per heavy atom. The van der Waals surface area contributed by atoms with Crippen molar-refractivity contribution in [2.24, 2.45) is 0 Å². The predicted octanol–water partition coefficient (Wildman–Crippen LogP) is 2.02. The van der Waals surface area contributed by atoms with Gasteiger partial charge in [-0.25, -0.2) is 0 Å². The molecule has 2 rings (SSSR count). The van der Waals surface area contributed by atoms with Crippen molar-refractivity contribution in [3.8, 4) is 0 Å². The third-order valence-electron chi connectivity index (χ3n) is 3.87. The molecule has 5 nitrogen and oxygen atoms in total. The highest BCUT2D eigenvalue weighted by molar-refractivity contribution is 9.10. The van der Waals surface area contributed by atoms with Gasteiger partial charge < -0.3 is 9.80 Å². The summed E-state index contributed by atoms with van der Waals surface area (Å²) >= 11 is 5.06. The van der Waals surface area contributed by atoms with E-state index in [1.807, 2.05) is 23.4 Å². The highest BCUT2D eigenvalue weighted by atomic mass is 79.9. The average molecular weight is 388 g/mol. The maximum atomic E-state index is 12.4. The van der Waals surface area contributed by atoms with Crippen LogP contribution in [0.4, 0.5) is 0 Å². The van der Waals surface area contributed by atoms with E-state index in [9.17, 15) is 9.59 Å². The topological polar surface area (TPSA) is 43.9 Å². The van der Waals surface area contributed by atoms with Gasteiger partial charge in [-0.1, -0.05) is 0 Å². The van der Waals surface area contributed by atoms with Crippen LogP contribution in [0.1, 0.15) is 17.7 Å². The lowest BCUT2D eigenvalue weighted by molar-refractivity contribution is -0.136. The number of hydrogen-bond acceptors (Lipinski definition) is 4. The van der Waals surface area contributed by atoms with Crippen LogP contribution in [0.25, 0.3) is 0 Å². The fourth-order valence-electron chi connectivity index (χ4n) is 2.65. The number of carbonyl (C=O) groups excluding carboxylic acids is 2. The van der Waals surface area contributed by atoms with E-state index in [0.717, 1.165) is 28.7 Å². The van der Waals surface area contributed by atoms with Crippen LogP contribution in [0.2, 0.25) is 0 Å². The zero-order valence-electron chi connectivity index (χ0n) is 13.2. The molecule has 7 heteroatoms. The van der Waals surface area contributed by atoms with E-state index >= 15 is 0 Å². The van der Waals surface area contributed by atoms with Gasteiger partial charge >= 0.3 is 0 Å². The summed E-state index contributed by atoms with van der Waals surface area (Å²) in [5.74, 6) is 0.151. The molecule has 0 N–H and O–H groups in total. The van der Waals surface area contributed by atoms with E-state index in [1.54, 1.807) is 35.2 Å². The second-order valence-electron chi connectivity index (χ2n) is 5.84. The smallest absolute Gasteiger partial charge is 0.239 e. The van der Waals surface area contributed by atoms with Crippen molar-refractivity contribution in [1.82, 2.24) is 14.7 Å². The monoisotopic (exact) mass is 387 g/mol. The number of halogens is 1. The van der Waals surface area contributed by atoms with Crippen molar-refractivity contribution in [2.45, 2.75) is 25.4 Å². The molecule has 1 aromatic rings. The molecule has 2 heterocycles. The Hall–Kier alpha value is -0.920. The minimum Gasteiger partial charge on any atom is -0.347 e. The van der Waals surface area contributed by atoms with E-state index < -0.39 is 0 Å². The Labute approximate surface area is 144 Å². The van der Waals surface area contributed by atoms with Crippen LogP contribution >= 0.6 is 27.3 Å². The first kappa shape index (κ1) is 17.4. The molecule has 22 heavy (non-hydrogen) atoms. The summed E-state index contributed by atoms with van der Waals surface area (Å²) in [6.07, 6.45) is 1.81.